The van der Waals surface area contributed by atoms with Crippen LogP contribution in [0.15, 0.2) is 66.7 Å². The molecule has 1 aliphatic heterocycles. The summed E-state index contributed by atoms with van der Waals surface area (Å²) in [7, 11) is 0. The summed E-state index contributed by atoms with van der Waals surface area (Å²) in [6.07, 6.45) is 1.59. The van der Waals surface area contributed by atoms with Crippen LogP contribution in [0.5, 0.6) is 0 Å². The van der Waals surface area contributed by atoms with Gasteiger partial charge in [-0.05, 0) is 49.8 Å². The standard InChI is InChI=1S/C29H33N3O3/c1-4-20(2)30-28(34)21(3)32(19-22-11-6-5-7-12-22)26(33)17-10-18-31-25-16-9-14-23-13-8-15-24(27(23)25)29(31)35/h5-9,11-16,20-21H,4,10,17-19H2,1-3H3,(H,30,34). The highest BCUT2D eigenvalue weighted by molar-refractivity contribution is 6.25. The third-order valence-corrected chi connectivity index (χ3v) is 6.79. The van der Waals surface area contributed by atoms with E-state index in [4.69, 9.17) is 0 Å². The van der Waals surface area contributed by atoms with Gasteiger partial charge >= 0.3 is 0 Å². The van der Waals surface area contributed by atoms with E-state index < -0.39 is 6.04 Å². The van der Waals surface area contributed by atoms with Crippen molar-refractivity contribution < 1.29 is 14.4 Å². The first-order chi connectivity index (χ1) is 16.9. The van der Waals surface area contributed by atoms with Crippen LogP contribution in [0, 0.1) is 0 Å². The van der Waals surface area contributed by atoms with E-state index in [-0.39, 0.29) is 30.2 Å². The first kappa shape index (κ1) is 24.5. The molecular formula is C29H33N3O3. The Morgan fingerprint density at radius 2 is 1.69 bits per heavy atom. The molecule has 3 aromatic carbocycles. The summed E-state index contributed by atoms with van der Waals surface area (Å²) < 4.78 is 0. The van der Waals surface area contributed by atoms with E-state index in [2.05, 4.69) is 5.32 Å². The third-order valence-electron chi connectivity index (χ3n) is 6.79. The number of anilines is 1. The van der Waals surface area contributed by atoms with Crippen molar-refractivity contribution in [3.05, 3.63) is 77.9 Å². The van der Waals surface area contributed by atoms with Gasteiger partial charge in [-0.1, -0.05) is 61.5 Å². The Balaban J connectivity index is 1.45. The summed E-state index contributed by atoms with van der Waals surface area (Å²) >= 11 is 0. The fourth-order valence-electron chi connectivity index (χ4n) is 4.56. The average molecular weight is 472 g/mol. The van der Waals surface area contributed by atoms with Crippen molar-refractivity contribution in [1.29, 1.82) is 0 Å². The molecule has 0 radical (unpaired) electrons. The van der Waals surface area contributed by atoms with Crippen LogP contribution in [-0.4, -0.2) is 41.2 Å². The van der Waals surface area contributed by atoms with Gasteiger partial charge < -0.3 is 15.1 Å². The number of rotatable bonds is 10. The van der Waals surface area contributed by atoms with Gasteiger partial charge in [-0.15, -0.1) is 0 Å². The van der Waals surface area contributed by atoms with Gasteiger partial charge in [0.05, 0.1) is 5.69 Å². The largest absolute Gasteiger partial charge is 0.352 e. The highest BCUT2D eigenvalue weighted by atomic mass is 16.2. The maximum Gasteiger partial charge on any atom is 0.258 e. The van der Waals surface area contributed by atoms with Crippen molar-refractivity contribution >= 4 is 34.2 Å². The molecule has 2 atom stereocenters. The second kappa shape index (κ2) is 10.7. The maximum atomic E-state index is 13.4. The normalized spacial score (nSPS) is 14.1. The van der Waals surface area contributed by atoms with Crippen LogP contribution in [0.25, 0.3) is 10.8 Å². The van der Waals surface area contributed by atoms with Crippen LogP contribution in [-0.2, 0) is 16.1 Å². The lowest BCUT2D eigenvalue weighted by molar-refractivity contribution is -0.140. The van der Waals surface area contributed by atoms with E-state index in [0.29, 0.717) is 25.1 Å². The van der Waals surface area contributed by atoms with Crippen molar-refractivity contribution in [2.45, 2.75) is 58.7 Å². The van der Waals surface area contributed by atoms with Gasteiger partial charge in [-0.25, -0.2) is 0 Å². The average Bonchev–Trinajstić information content (AvgIpc) is 3.15. The Morgan fingerprint density at radius 1 is 0.971 bits per heavy atom. The number of nitrogens with one attached hydrogen (secondary N) is 1. The summed E-state index contributed by atoms with van der Waals surface area (Å²) in [5.74, 6) is -0.268. The Labute approximate surface area is 206 Å². The van der Waals surface area contributed by atoms with Crippen LogP contribution in [0.1, 0.15) is 56.0 Å². The number of amides is 3. The molecule has 3 aromatic rings. The Kier molecular flexibility index (Phi) is 7.49. The monoisotopic (exact) mass is 471 g/mol. The van der Waals surface area contributed by atoms with E-state index in [9.17, 15) is 14.4 Å². The maximum absolute atomic E-state index is 13.4. The van der Waals surface area contributed by atoms with E-state index >= 15 is 0 Å². The van der Waals surface area contributed by atoms with Crippen LogP contribution < -0.4 is 10.2 Å². The minimum Gasteiger partial charge on any atom is -0.352 e. The van der Waals surface area contributed by atoms with Gasteiger partial charge in [0, 0.05) is 36.5 Å². The molecule has 0 fully saturated rings. The second-order valence-electron chi connectivity index (χ2n) is 9.24. The predicted octanol–water partition coefficient (Wildman–Crippen LogP) is 4.91. The number of benzene rings is 3. The zero-order chi connectivity index (χ0) is 24.9. The van der Waals surface area contributed by atoms with Crippen LogP contribution in [0.4, 0.5) is 5.69 Å². The van der Waals surface area contributed by atoms with Gasteiger partial charge in [0.1, 0.15) is 6.04 Å². The Hall–Kier alpha value is -3.67. The van der Waals surface area contributed by atoms with Crippen molar-refractivity contribution in [3.8, 4) is 0 Å². The van der Waals surface area contributed by atoms with Gasteiger partial charge in [0.2, 0.25) is 11.8 Å². The van der Waals surface area contributed by atoms with Gasteiger partial charge in [-0.2, -0.15) is 0 Å². The molecule has 6 nitrogen and oxygen atoms in total. The molecule has 0 spiro atoms. The molecule has 1 aliphatic rings. The lowest BCUT2D eigenvalue weighted by Crippen LogP contribution is -2.49. The van der Waals surface area contributed by atoms with E-state index in [1.165, 1.54) is 0 Å². The molecule has 0 saturated heterocycles. The van der Waals surface area contributed by atoms with Crippen molar-refractivity contribution in [1.82, 2.24) is 10.2 Å². The SMILES string of the molecule is CCC(C)NC(=O)C(C)N(Cc1ccccc1)C(=O)CCCN1C(=O)c2cccc3cccc1c23. The quantitative estimate of drug-likeness (QED) is 0.457. The molecule has 1 N–H and O–H groups in total. The lowest BCUT2D eigenvalue weighted by atomic mass is 10.1. The minimum atomic E-state index is -0.594. The Morgan fingerprint density at radius 3 is 2.40 bits per heavy atom. The molecule has 2 unspecified atom stereocenters. The van der Waals surface area contributed by atoms with E-state index in [0.717, 1.165) is 28.4 Å². The number of hydrogen-bond donors (Lipinski definition) is 1. The zero-order valence-corrected chi connectivity index (χ0v) is 20.7. The zero-order valence-electron chi connectivity index (χ0n) is 20.7. The highest BCUT2D eigenvalue weighted by Gasteiger charge is 2.30. The van der Waals surface area contributed by atoms with E-state index in [1.807, 2.05) is 80.6 Å². The van der Waals surface area contributed by atoms with Crippen molar-refractivity contribution in [2.24, 2.45) is 0 Å². The van der Waals surface area contributed by atoms with Crippen LogP contribution in [0.3, 0.4) is 0 Å². The predicted molar refractivity (Wildman–Crippen MR) is 139 cm³/mol. The van der Waals surface area contributed by atoms with Gasteiger partial charge in [0.25, 0.3) is 5.91 Å². The summed E-state index contributed by atoms with van der Waals surface area (Å²) in [5.41, 5.74) is 2.59. The van der Waals surface area contributed by atoms with Crippen molar-refractivity contribution in [2.75, 3.05) is 11.4 Å². The molecule has 0 aromatic heterocycles. The summed E-state index contributed by atoms with van der Waals surface area (Å²) in [4.78, 5) is 42.7. The highest BCUT2D eigenvalue weighted by Crippen LogP contribution is 2.37. The fourth-order valence-corrected chi connectivity index (χ4v) is 4.56. The molecule has 3 amide bonds. The second-order valence-corrected chi connectivity index (χ2v) is 9.24. The number of carbonyl (C=O) groups is 3. The first-order valence-electron chi connectivity index (χ1n) is 12.4. The molecule has 6 heteroatoms. The van der Waals surface area contributed by atoms with Crippen LogP contribution >= 0.6 is 0 Å². The summed E-state index contributed by atoms with van der Waals surface area (Å²) in [5, 5.41) is 5.02. The van der Waals surface area contributed by atoms with Crippen LogP contribution in [0.2, 0.25) is 0 Å². The lowest BCUT2D eigenvalue weighted by Gasteiger charge is -2.30. The van der Waals surface area contributed by atoms with Gasteiger partial charge in [-0.3, -0.25) is 14.4 Å². The van der Waals surface area contributed by atoms with Crippen molar-refractivity contribution in [3.63, 3.8) is 0 Å². The van der Waals surface area contributed by atoms with Gasteiger partial charge in [0.15, 0.2) is 0 Å². The molecule has 35 heavy (non-hydrogen) atoms. The smallest absolute Gasteiger partial charge is 0.258 e. The topological polar surface area (TPSA) is 69.7 Å². The summed E-state index contributed by atoms with van der Waals surface area (Å²) in [6.45, 7) is 6.56. The molecule has 4 rings (SSSR count). The molecule has 182 valence electrons. The molecular weight excluding hydrogens is 438 g/mol. The number of hydrogen-bond acceptors (Lipinski definition) is 3. The first-order valence-corrected chi connectivity index (χ1v) is 12.4. The molecule has 0 saturated carbocycles. The molecule has 0 bridgehead atoms. The third kappa shape index (κ3) is 5.21. The molecule has 0 aliphatic carbocycles. The Bertz CT molecular complexity index is 1220. The summed E-state index contributed by atoms with van der Waals surface area (Å²) in [6, 6.07) is 20.9. The number of carbonyl (C=O) groups excluding carboxylic acids is 3. The fraction of sp³-hybridized carbons (Fsp3) is 0.345. The number of nitrogens with zero attached hydrogens (tertiary/aromatic N) is 2. The minimum absolute atomic E-state index is 0.0216. The van der Waals surface area contributed by atoms with E-state index in [1.54, 1.807) is 16.7 Å². The molecule has 1 heterocycles.